The Morgan fingerprint density at radius 3 is 2.63 bits per heavy atom. The van der Waals surface area contributed by atoms with Crippen LogP contribution in [0.4, 0.5) is 0 Å². The fourth-order valence-corrected chi connectivity index (χ4v) is 3.01. The molecule has 0 fully saturated rings. The van der Waals surface area contributed by atoms with Gasteiger partial charge < -0.3 is 11.1 Å². The number of aryl methyl sites for hydroxylation is 1. The Morgan fingerprint density at radius 2 is 2.00 bits per heavy atom. The number of carbonyl (C=O) groups excluding carboxylic acids is 1. The van der Waals surface area contributed by atoms with Gasteiger partial charge in [-0.2, -0.15) is 5.10 Å². The lowest BCUT2D eigenvalue weighted by Crippen LogP contribution is -2.48. The highest BCUT2D eigenvalue weighted by Gasteiger charge is 2.23. The Hall–Kier alpha value is -2.73. The molecule has 6 heteroatoms. The maximum absolute atomic E-state index is 13.0. The van der Waals surface area contributed by atoms with Crippen molar-refractivity contribution in [2.24, 2.45) is 5.73 Å². The highest BCUT2D eigenvalue weighted by atomic mass is 16.1. The molecule has 2 heterocycles. The molecule has 1 aromatic carbocycles. The van der Waals surface area contributed by atoms with Crippen LogP contribution in [-0.2, 0) is 0 Å². The Kier molecular flexibility index (Phi) is 5.02. The van der Waals surface area contributed by atoms with Gasteiger partial charge in [0.1, 0.15) is 0 Å². The molecule has 6 nitrogen and oxygen atoms in total. The van der Waals surface area contributed by atoms with Crippen molar-refractivity contribution in [1.82, 2.24) is 20.1 Å². The molecule has 0 aliphatic heterocycles. The van der Waals surface area contributed by atoms with E-state index in [-0.39, 0.29) is 11.9 Å². The zero-order valence-corrected chi connectivity index (χ0v) is 16.6. The van der Waals surface area contributed by atoms with Crippen LogP contribution >= 0.6 is 0 Å². The predicted octanol–water partition coefficient (Wildman–Crippen LogP) is 3.45. The first-order valence-corrected chi connectivity index (χ1v) is 9.20. The molecule has 0 aliphatic rings. The maximum atomic E-state index is 13.0. The minimum atomic E-state index is -0.496. The Morgan fingerprint density at radius 1 is 1.30 bits per heavy atom. The number of hydrogen-bond acceptors (Lipinski definition) is 4. The van der Waals surface area contributed by atoms with Gasteiger partial charge in [-0.25, -0.2) is 9.67 Å². The minimum absolute atomic E-state index is 0.138. The third-order valence-corrected chi connectivity index (χ3v) is 4.68. The third-order valence-electron chi connectivity index (χ3n) is 4.68. The van der Waals surface area contributed by atoms with E-state index in [1.807, 2.05) is 69.6 Å². The van der Waals surface area contributed by atoms with E-state index >= 15 is 0 Å². The van der Waals surface area contributed by atoms with E-state index < -0.39 is 5.54 Å². The van der Waals surface area contributed by atoms with Crippen molar-refractivity contribution in [1.29, 1.82) is 0 Å². The smallest absolute Gasteiger partial charge is 0.252 e. The molecule has 0 bridgehead atoms. The van der Waals surface area contributed by atoms with E-state index in [2.05, 4.69) is 10.4 Å². The molecule has 0 unspecified atom stereocenters. The number of amides is 1. The SMILES string of the molecule is Cc1ccccc1-c1cc(C(=O)NC(C)(C)CN)c2cnn(C(C)C)c2n1. The summed E-state index contributed by atoms with van der Waals surface area (Å²) in [5.74, 6) is -0.170. The molecule has 0 spiro atoms. The highest BCUT2D eigenvalue weighted by molar-refractivity contribution is 6.06. The molecule has 0 radical (unpaired) electrons. The lowest BCUT2D eigenvalue weighted by atomic mass is 10.0. The second kappa shape index (κ2) is 7.12. The van der Waals surface area contributed by atoms with Gasteiger partial charge in [-0.3, -0.25) is 4.79 Å². The van der Waals surface area contributed by atoms with Crippen molar-refractivity contribution >= 4 is 16.9 Å². The molecule has 3 N–H and O–H groups in total. The zero-order valence-electron chi connectivity index (χ0n) is 16.6. The van der Waals surface area contributed by atoms with Crippen molar-refractivity contribution in [3.63, 3.8) is 0 Å². The van der Waals surface area contributed by atoms with Gasteiger partial charge in [-0.1, -0.05) is 24.3 Å². The van der Waals surface area contributed by atoms with Gasteiger partial charge in [0.25, 0.3) is 5.91 Å². The van der Waals surface area contributed by atoms with Crippen LogP contribution in [0.1, 0.15) is 49.7 Å². The van der Waals surface area contributed by atoms with Crippen molar-refractivity contribution in [2.45, 2.75) is 46.2 Å². The number of pyridine rings is 1. The van der Waals surface area contributed by atoms with Crippen LogP contribution in [0, 0.1) is 6.92 Å². The summed E-state index contributed by atoms with van der Waals surface area (Å²) < 4.78 is 1.85. The molecule has 0 saturated heterocycles. The Balaban J connectivity index is 2.23. The summed E-state index contributed by atoms with van der Waals surface area (Å²) >= 11 is 0. The second-order valence-electron chi connectivity index (χ2n) is 7.83. The largest absolute Gasteiger partial charge is 0.346 e. The van der Waals surface area contributed by atoms with Crippen molar-refractivity contribution in [2.75, 3.05) is 6.54 Å². The quantitative estimate of drug-likeness (QED) is 0.725. The molecule has 3 rings (SSSR count). The Labute approximate surface area is 159 Å². The van der Waals surface area contributed by atoms with Gasteiger partial charge >= 0.3 is 0 Å². The first kappa shape index (κ1) is 19.0. The van der Waals surface area contributed by atoms with Gasteiger partial charge in [0.05, 0.1) is 22.8 Å². The van der Waals surface area contributed by atoms with Crippen molar-refractivity contribution in [3.8, 4) is 11.3 Å². The van der Waals surface area contributed by atoms with Gasteiger partial charge in [0.2, 0.25) is 0 Å². The summed E-state index contributed by atoms with van der Waals surface area (Å²) in [6.45, 7) is 10.3. The van der Waals surface area contributed by atoms with Crippen LogP contribution in [0.2, 0.25) is 0 Å². The van der Waals surface area contributed by atoms with E-state index in [0.717, 1.165) is 22.2 Å². The first-order chi connectivity index (χ1) is 12.7. The summed E-state index contributed by atoms with van der Waals surface area (Å²) in [7, 11) is 0. The number of nitrogens with zero attached hydrogens (tertiary/aromatic N) is 3. The molecule has 0 aliphatic carbocycles. The van der Waals surface area contributed by atoms with E-state index in [4.69, 9.17) is 10.7 Å². The number of fused-ring (bicyclic) bond motifs is 1. The van der Waals surface area contributed by atoms with E-state index in [1.165, 1.54) is 0 Å². The number of aromatic nitrogens is 3. The second-order valence-corrected chi connectivity index (χ2v) is 7.83. The minimum Gasteiger partial charge on any atom is -0.346 e. The number of carbonyl (C=O) groups is 1. The molecule has 2 aromatic heterocycles. The topological polar surface area (TPSA) is 85.8 Å². The van der Waals surface area contributed by atoms with E-state index in [9.17, 15) is 4.79 Å². The Bertz CT molecular complexity index is 987. The number of benzene rings is 1. The summed E-state index contributed by atoms with van der Waals surface area (Å²) in [6.07, 6.45) is 1.72. The zero-order chi connectivity index (χ0) is 19.8. The first-order valence-electron chi connectivity index (χ1n) is 9.20. The molecule has 142 valence electrons. The number of nitrogens with one attached hydrogen (secondary N) is 1. The summed E-state index contributed by atoms with van der Waals surface area (Å²) in [5, 5.41) is 8.22. The molecule has 0 atom stereocenters. The molecule has 3 aromatic rings. The summed E-state index contributed by atoms with van der Waals surface area (Å²) in [5.41, 5.74) is 9.43. The van der Waals surface area contributed by atoms with Gasteiger partial charge in [-0.15, -0.1) is 0 Å². The normalized spacial score (nSPS) is 12.0. The van der Waals surface area contributed by atoms with Crippen molar-refractivity contribution < 1.29 is 4.79 Å². The molecular formula is C21H27N5O. The van der Waals surface area contributed by atoms with Gasteiger partial charge in [0, 0.05) is 23.7 Å². The molecule has 27 heavy (non-hydrogen) atoms. The monoisotopic (exact) mass is 365 g/mol. The highest BCUT2D eigenvalue weighted by Crippen LogP contribution is 2.28. The van der Waals surface area contributed by atoms with Crippen LogP contribution in [0.5, 0.6) is 0 Å². The summed E-state index contributed by atoms with van der Waals surface area (Å²) in [4.78, 5) is 17.9. The fraction of sp³-hybridized carbons (Fsp3) is 0.381. The lowest BCUT2D eigenvalue weighted by molar-refractivity contribution is 0.0917. The average Bonchev–Trinajstić information content (AvgIpc) is 3.05. The molecular weight excluding hydrogens is 338 g/mol. The van der Waals surface area contributed by atoms with E-state index in [1.54, 1.807) is 6.20 Å². The fourth-order valence-electron chi connectivity index (χ4n) is 3.01. The lowest BCUT2D eigenvalue weighted by Gasteiger charge is -2.24. The molecule has 1 amide bonds. The van der Waals surface area contributed by atoms with Crippen LogP contribution < -0.4 is 11.1 Å². The van der Waals surface area contributed by atoms with E-state index in [0.29, 0.717) is 17.8 Å². The summed E-state index contributed by atoms with van der Waals surface area (Å²) in [6, 6.07) is 10.0. The maximum Gasteiger partial charge on any atom is 0.252 e. The average molecular weight is 365 g/mol. The predicted molar refractivity (Wildman–Crippen MR) is 109 cm³/mol. The van der Waals surface area contributed by atoms with Crippen LogP contribution in [0.25, 0.3) is 22.3 Å². The molecule has 0 saturated carbocycles. The number of rotatable bonds is 5. The van der Waals surface area contributed by atoms with Crippen LogP contribution in [0.15, 0.2) is 36.5 Å². The van der Waals surface area contributed by atoms with Crippen LogP contribution in [0.3, 0.4) is 0 Å². The number of hydrogen-bond donors (Lipinski definition) is 2. The van der Waals surface area contributed by atoms with Crippen LogP contribution in [-0.4, -0.2) is 32.8 Å². The standard InChI is InChI=1S/C21H27N5O/c1-13(2)26-19-17(11-23-26)16(20(27)25-21(4,5)12-22)10-18(24-19)15-9-7-6-8-14(15)3/h6-11,13H,12,22H2,1-5H3,(H,25,27). The third kappa shape index (κ3) is 3.71. The number of nitrogens with two attached hydrogens (primary N) is 1. The van der Waals surface area contributed by atoms with Crippen molar-refractivity contribution in [3.05, 3.63) is 47.7 Å². The van der Waals surface area contributed by atoms with Gasteiger partial charge in [0.15, 0.2) is 5.65 Å². The van der Waals surface area contributed by atoms with Gasteiger partial charge in [-0.05, 0) is 46.2 Å².